The molecular weight excluding hydrogens is 321 g/mol. The summed E-state index contributed by atoms with van der Waals surface area (Å²) < 4.78 is 18.4. The predicted octanol–water partition coefficient (Wildman–Crippen LogP) is 4.10. The van der Waals surface area contributed by atoms with Crippen LogP contribution in [0, 0.1) is 5.82 Å². The molecule has 1 aliphatic rings. The minimum absolute atomic E-state index is 0.0289. The van der Waals surface area contributed by atoms with E-state index in [9.17, 15) is 9.18 Å². The number of ether oxygens (including phenoxy) is 1. The number of hydrogen-bond acceptors (Lipinski definition) is 3. The standard InChI is InChI=1S/C19H22FN3O2/c1-14-4-2-3-11-23(14)19(24)22-13-15-5-10-18(21-12-15)25-17-8-6-16(20)7-9-17/h5-10,12,14H,2-4,11,13H2,1H3,(H,22,24). The van der Waals surface area contributed by atoms with Crippen LogP contribution in [-0.4, -0.2) is 28.5 Å². The van der Waals surface area contributed by atoms with E-state index in [1.54, 1.807) is 24.4 Å². The number of amides is 2. The molecular formula is C19H22FN3O2. The van der Waals surface area contributed by atoms with Crippen LogP contribution in [-0.2, 0) is 6.54 Å². The van der Waals surface area contributed by atoms with Gasteiger partial charge in [0.05, 0.1) is 0 Å². The predicted molar refractivity (Wildman–Crippen MR) is 93.0 cm³/mol. The number of urea groups is 1. The number of carbonyl (C=O) groups excluding carboxylic acids is 1. The Morgan fingerprint density at radius 1 is 1.28 bits per heavy atom. The van der Waals surface area contributed by atoms with Crippen LogP contribution in [0.15, 0.2) is 42.6 Å². The minimum Gasteiger partial charge on any atom is -0.439 e. The zero-order chi connectivity index (χ0) is 17.6. The summed E-state index contributed by atoms with van der Waals surface area (Å²) in [6.07, 6.45) is 4.97. The molecule has 1 unspecified atom stereocenters. The van der Waals surface area contributed by atoms with Crippen LogP contribution in [0.1, 0.15) is 31.7 Å². The van der Waals surface area contributed by atoms with Gasteiger partial charge in [0, 0.05) is 31.4 Å². The number of benzene rings is 1. The van der Waals surface area contributed by atoms with Gasteiger partial charge in [0.1, 0.15) is 11.6 Å². The molecule has 2 heterocycles. The zero-order valence-corrected chi connectivity index (χ0v) is 14.2. The molecule has 5 nitrogen and oxygen atoms in total. The van der Waals surface area contributed by atoms with Gasteiger partial charge in [-0.2, -0.15) is 0 Å². The lowest BCUT2D eigenvalue weighted by Gasteiger charge is -2.33. The largest absolute Gasteiger partial charge is 0.439 e. The van der Waals surface area contributed by atoms with E-state index in [-0.39, 0.29) is 11.8 Å². The van der Waals surface area contributed by atoms with Crippen molar-refractivity contribution in [2.45, 2.75) is 38.8 Å². The molecule has 0 radical (unpaired) electrons. The Bertz CT molecular complexity index is 704. The molecule has 0 spiro atoms. The van der Waals surface area contributed by atoms with Crippen LogP contribution < -0.4 is 10.1 Å². The molecule has 0 aliphatic carbocycles. The molecule has 1 N–H and O–H groups in total. The maximum Gasteiger partial charge on any atom is 0.317 e. The van der Waals surface area contributed by atoms with Crippen LogP contribution in [0.4, 0.5) is 9.18 Å². The number of pyridine rings is 1. The number of piperidine rings is 1. The monoisotopic (exact) mass is 343 g/mol. The number of aromatic nitrogens is 1. The molecule has 25 heavy (non-hydrogen) atoms. The summed E-state index contributed by atoms with van der Waals surface area (Å²) in [7, 11) is 0. The van der Waals surface area contributed by atoms with Crippen LogP contribution in [0.25, 0.3) is 0 Å². The Kier molecular flexibility index (Phi) is 5.48. The van der Waals surface area contributed by atoms with Gasteiger partial charge >= 0.3 is 6.03 Å². The number of likely N-dealkylation sites (tertiary alicyclic amines) is 1. The van der Waals surface area contributed by atoms with Gasteiger partial charge in [-0.05, 0) is 56.0 Å². The summed E-state index contributed by atoms with van der Waals surface area (Å²) in [6, 6.07) is 9.61. The average molecular weight is 343 g/mol. The number of carbonyl (C=O) groups is 1. The highest BCUT2D eigenvalue weighted by atomic mass is 19.1. The molecule has 6 heteroatoms. The molecule has 0 saturated carbocycles. The normalized spacial score (nSPS) is 17.2. The summed E-state index contributed by atoms with van der Waals surface area (Å²) in [4.78, 5) is 18.4. The third-order valence-corrected chi connectivity index (χ3v) is 4.34. The maximum atomic E-state index is 12.9. The van der Waals surface area contributed by atoms with Gasteiger partial charge in [0.25, 0.3) is 0 Å². The van der Waals surface area contributed by atoms with Crippen LogP contribution in [0.2, 0.25) is 0 Å². The number of nitrogens with one attached hydrogen (secondary N) is 1. The molecule has 3 rings (SSSR count). The van der Waals surface area contributed by atoms with E-state index in [1.165, 1.54) is 18.6 Å². The van der Waals surface area contributed by atoms with Crippen molar-refractivity contribution < 1.29 is 13.9 Å². The lowest BCUT2D eigenvalue weighted by Crippen LogP contribution is -2.47. The Morgan fingerprint density at radius 3 is 2.76 bits per heavy atom. The Labute approximate surface area is 146 Å². The summed E-state index contributed by atoms with van der Waals surface area (Å²) in [5.41, 5.74) is 0.893. The fourth-order valence-electron chi connectivity index (χ4n) is 2.88. The molecule has 132 valence electrons. The quantitative estimate of drug-likeness (QED) is 0.909. The van der Waals surface area contributed by atoms with Crippen molar-refractivity contribution in [1.29, 1.82) is 0 Å². The zero-order valence-electron chi connectivity index (χ0n) is 14.2. The molecule has 1 atom stereocenters. The van der Waals surface area contributed by atoms with E-state index in [0.717, 1.165) is 24.9 Å². The van der Waals surface area contributed by atoms with E-state index >= 15 is 0 Å². The van der Waals surface area contributed by atoms with E-state index < -0.39 is 0 Å². The summed E-state index contributed by atoms with van der Waals surface area (Å²) in [6.45, 7) is 3.32. The first kappa shape index (κ1) is 17.2. The van der Waals surface area contributed by atoms with Crippen molar-refractivity contribution in [2.75, 3.05) is 6.54 Å². The molecule has 1 aliphatic heterocycles. The minimum atomic E-state index is -0.311. The van der Waals surface area contributed by atoms with Gasteiger partial charge in [-0.3, -0.25) is 0 Å². The maximum absolute atomic E-state index is 12.9. The fraction of sp³-hybridized carbons (Fsp3) is 0.368. The topological polar surface area (TPSA) is 54.5 Å². The first-order valence-corrected chi connectivity index (χ1v) is 8.54. The van der Waals surface area contributed by atoms with Gasteiger partial charge in [-0.15, -0.1) is 0 Å². The number of hydrogen-bond donors (Lipinski definition) is 1. The molecule has 2 amide bonds. The smallest absolute Gasteiger partial charge is 0.317 e. The molecule has 0 bridgehead atoms. The van der Waals surface area contributed by atoms with Gasteiger partial charge < -0.3 is 15.0 Å². The Morgan fingerprint density at radius 2 is 2.08 bits per heavy atom. The van der Waals surface area contributed by atoms with Crippen LogP contribution in [0.5, 0.6) is 11.6 Å². The first-order chi connectivity index (χ1) is 12.1. The summed E-state index contributed by atoms with van der Waals surface area (Å²) >= 11 is 0. The van der Waals surface area contributed by atoms with Crippen LogP contribution in [0.3, 0.4) is 0 Å². The lowest BCUT2D eigenvalue weighted by molar-refractivity contribution is 0.158. The average Bonchev–Trinajstić information content (AvgIpc) is 2.63. The summed E-state index contributed by atoms with van der Waals surface area (Å²) in [5, 5.41) is 2.94. The van der Waals surface area contributed by atoms with Crippen LogP contribution >= 0.6 is 0 Å². The Hall–Kier alpha value is -2.63. The second kappa shape index (κ2) is 7.96. The van der Waals surface area contributed by atoms with Gasteiger partial charge in [-0.1, -0.05) is 6.07 Å². The third-order valence-electron chi connectivity index (χ3n) is 4.34. The summed E-state index contributed by atoms with van der Waals surface area (Å²) in [5.74, 6) is 0.634. The molecule has 2 aromatic rings. The van der Waals surface area contributed by atoms with Gasteiger partial charge in [-0.25, -0.2) is 14.2 Å². The molecule has 1 saturated heterocycles. The highest BCUT2D eigenvalue weighted by Gasteiger charge is 2.22. The van der Waals surface area contributed by atoms with E-state index in [1.807, 2.05) is 11.0 Å². The Balaban J connectivity index is 1.52. The number of rotatable bonds is 4. The second-order valence-corrected chi connectivity index (χ2v) is 6.26. The number of halogens is 1. The lowest BCUT2D eigenvalue weighted by atomic mass is 10.0. The highest BCUT2D eigenvalue weighted by molar-refractivity contribution is 5.74. The SMILES string of the molecule is CC1CCCCN1C(=O)NCc1ccc(Oc2ccc(F)cc2)nc1. The van der Waals surface area contributed by atoms with E-state index in [0.29, 0.717) is 24.2 Å². The molecule has 1 fully saturated rings. The molecule has 1 aromatic heterocycles. The van der Waals surface area contributed by atoms with Crippen molar-refractivity contribution in [2.24, 2.45) is 0 Å². The van der Waals surface area contributed by atoms with Gasteiger partial charge in [0.15, 0.2) is 0 Å². The highest BCUT2D eigenvalue weighted by Crippen LogP contribution is 2.20. The molecule has 1 aromatic carbocycles. The number of nitrogens with zero attached hydrogens (tertiary/aromatic N) is 2. The van der Waals surface area contributed by atoms with Crippen molar-refractivity contribution >= 4 is 6.03 Å². The van der Waals surface area contributed by atoms with E-state index in [4.69, 9.17) is 4.74 Å². The second-order valence-electron chi connectivity index (χ2n) is 6.26. The fourth-order valence-corrected chi connectivity index (χ4v) is 2.88. The van der Waals surface area contributed by atoms with Gasteiger partial charge in [0.2, 0.25) is 5.88 Å². The van der Waals surface area contributed by atoms with Crippen molar-refractivity contribution in [1.82, 2.24) is 15.2 Å². The van der Waals surface area contributed by atoms with Crippen molar-refractivity contribution in [3.63, 3.8) is 0 Å². The van der Waals surface area contributed by atoms with E-state index in [2.05, 4.69) is 17.2 Å². The van der Waals surface area contributed by atoms with Crippen molar-refractivity contribution in [3.05, 3.63) is 54.0 Å². The first-order valence-electron chi connectivity index (χ1n) is 8.54. The van der Waals surface area contributed by atoms with Crippen molar-refractivity contribution in [3.8, 4) is 11.6 Å². The third kappa shape index (κ3) is 4.68.